The van der Waals surface area contributed by atoms with Crippen molar-refractivity contribution in [3.8, 4) is 6.07 Å². The van der Waals surface area contributed by atoms with Crippen LogP contribution in [0.1, 0.15) is 26.3 Å². The van der Waals surface area contributed by atoms with E-state index in [0.717, 1.165) is 24.3 Å². The van der Waals surface area contributed by atoms with Crippen molar-refractivity contribution >= 4 is 17.2 Å². The van der Waals surface area contributed by atoms with Crippen molar-refractivity contribution in [3.63, 3.8) is 0 Å². The van der Waals surface area contributed by atoms with Gasteiger partial charge in [-0.05, 0) is 44.0 Å². The van der Waals surface area contributed by atoms with E-state index in [9.17, 15) is 15.2 Å². The summed E-state index contributed by atoms with van der Waals surface area (Å²) in [5, 5.41) is 29.8. The molecule has 1 atom stereocenters. The average molecular weight is 331 g/mol. The number of aliphatic hydroxyl groups excluding tert-OH is 2. The van der Waals surface area contributed by atoms with E-state index >= 15 is 0 Å². The van der Waals surface area contributed by atoms with E-state index in [1.165, 1.54) is 0 Å². The summed E-state index contributed by atoms with van der Waals surface area (Å²) in [4.78, 5) is 14.3. The zero-order valence-corrected chi connectivity index (χ0v) is 14.4. The summed E-state index contributed by atoms with van der Waals surface area (Å²) in [7, 11) is 0. The van der Waals surface area contributed by atoms with Crippen LogP contribution in [-0.2, 0) is 4.79 Å². The molecule has 1 aromatic rings. The third kappa shape index (κ3) is 5.08. The zero-order valence-electron chi connectivity index (χ0n) is 14.4. The highest BCUT2D eigenvalue weighted by Gasteiger charge is 2.15. The number of rotatable bonds is 8. The number of benzene rings is 1. The Bertz CT molecular complexity index is 613. The van der Waals surface area contributed by atoms with Crippen molar-refractivity contribution in [1.82, 2.24) is 5.32 Å². The largest absolute Gasteiger partial charge is 0.394 e. The van der Waals surface area contributed by atoms with Gasteiger partial charge in [-0.2, -0.15) is 5.26 Å². The number of hydrogen-bond acceptors (Lipinski definition) is 5. The van der Waals surface area contributed by atoms with Gasteiger partial charge < -0.3 is 20.4 Å². The molecular weight excluding hydrogens is 306 g/mol. The average Bonchev–Trinajstić information content (AvgIpc) is 2.61. The van der Waals surface area contributed by atoms with E-state index in [-0.39, 0.29) is 12.1 Å². The normalized spacial score (nSPS) is 12.8. The molecule has 0 spiro atoms. The van der Waals surface area contributed by atoms with E-state index in [1.807, 2.05) is 30.3 Å². The second-order valence-corrected chi connectivity index (χ2v) is 5.38. The van der Waals surface area contributed by atoms with Crippen LogP contribution in [0.2, 0.25) is 0 Å². The van der Waals surface area contributed by atoms with Crippen LogP contribution in [0.5, 0.6) is 0 Å². The number of aliphatic hydroxyl groups is 2. The van der Waals surface area contributed by atoms with Gasteiger partial charge in [-0.3, -0.25) is 4.79 Å². The topological polar surface area (TPSA) is 96.6 Å². The van der Waals surface area contributed by atoms with Gasteiger partial charge in [0.05, 0.1) is 12.7 Å². The molecule has 0 heterocycles. The van der Waals surface area contributed by atoms with Crippen molar-refractivity contribution in [3.05, 3.63) is 35.4 Å². The summed E-state index contributed by atoms with van der Waals surface area (Å²) < 4.78 is 0. The van der Waals surface area contributed by atoms with Crippen LogP contribution in [0.25, 0.3) is 5.57 Å². The number of nitrogens with zero attached hydrogens (tertiary/aromatic N) is 2. The van der Waals surface area contributed by atoms with E-state index < -0.39 is 18.6 Å². The van der Waals surface area contributed by atoms with Crippen LogP contribution in [0.4, 0.5) is 5.69 Å². The summed E-state index contributed by atoms with van der Waals surface area (Å²) in [6, 6.07) is 9.62. The molecule has 0 saturated heterocycles. The van der Waals surface area contributed by atoms with Gasteiger partial charge in [0.25, 0.3) is 5.91 Å². The van der Waals surface area contributed by atoms with Crippen LogP contribution < -0.4 is 10.2 Å². The van der Waals surface area contributed by atoms with Gasteiger partial charge in [0, 0.05) is 25.3 Å². The Morgan fingerprint density at radius 3 is 2.33 bits per heavy atom. The molecule has 0 aliphatic rings. The molecule has 0 fully saturated rings. The standard InChI is InChI=1S/C18H25N3O3/c1-4-21(5-2)15-8-6-14(7-9-15)13(3)17(10-19)18(24)20-11-16(23)12-22/h6-9,16,22-23H,4-5,11-12H2,1-3H3,(H,20,24). The first kappa shape index (κ1) is 19.7. The molecule has 0 saturated carbocycles. The number of hydrogen-bond donors (Lipinski definition) is 3. The highest BCUT2D eigenvalue weighted by atomic mass is 16.3. The maximum absolute atomic E-state index is 12.1. The Kier molecular flexibility index (Phi) is 7.96. The van der Waals surface area contributed by atoms with Gasteiger partial charge in [0.2, 0.25) is 0 Å². The smallest absolute Gasteiger partial charge is 0.262 e. The quantitative estimate of drug-likeness (QED) is 0.493. The third-order valence-corrected chi connectivity index (χ3v) is 3.85. The maximum Gasteiger partial charge on any atom is 0.262 e. The predicted molar refractivity (Wildman–Crippen MR) is 94.3 cm³/mol. The minimum atomic E-state index is -1.04. The molecule has 0 radical (unpaired) electrons. The van der Waals surface area contributed by atoms with E-state index in [1.54, 1.807) is 6.92 Å². The maximum atomic E-state index is 12.1. The molecule has 1 rings (SSSR count). The molecule has 24 heavy (non-hydrogen) atoms. The van der Waals surface area contributed by atoms with Gasteiger partial charge in [0.1, 0.15) is 11.6 Å². The first-order valence-electron chi connectivity index (χ1n) is 8.01. The Morgan fingerprint density at radius 1 is 1.29 bits per heavy atom. The van der Waals surface area contributed by atoms with Crippen molar-refractivity contribution in [2.75, 3.05) is 31.1 Å². The number of allylic oxidation sites excluding steroid dienone is 1. The number of amides is 1. The van der Waals surface area contributed by atoms with Crippen molar-refractivity contribution in [2.45, 2.75) is 26.9 Å². The molecule has 0 aliphatic carbocycles. The number of carbonyl (C=O) groups excluding carboxylic acids is 1. The number of anilines is 1. The summed E-state index contributed by atoms with van der Waals surface area (Å²) in [5.74, 6) is -0.560. The molecule has 1 amide bonds. The van der Waals surface area contributed by atoms with Crippen LogP contribution in [0, 0.1) is 11.3 Å². The second-order valence-electron chi connectivity index (χ2n) is 5.38. The lowest BCUT2D eigenvalue weighted by molar-refractivity contribution is -0.117. The van der Waals surface area contributed by atoms with Crippen molar-refractivity contribution < 1.29 is 15.0 Å². The fraction of sp³-hybridized carbons (Fsp3) is 0.444. The highest BCUT2D eigenvalue weighted by molar-refractivity contribution is 6.04. The lowest BCUT2D eigenvalue weighted by atomic mass is 10.0. The van der Waals surface area contributed by atoms with Gasteiger partial charge in [-0.25, -0.2) is 0 Å². The van der Waals surface area contributed by atoms with Crippen molar-refractivity contribution in [1.29, 1.82) is 5.26 Å². The SMILES string of the molecule is CCN(CC)c1ccc(C(C)=C(C#N)C(=O)NCC(O)CO)cc1. The molecule has 1 unspecified atom stereocenters. The number of nitriles is 1. The first-order chi connectivity index (χ1) is 11.5. The second kappa shape index (κ2) is 9.71. The number of nitrogens with one attached hydrogen (secondary N) is 1. The van der Waals surface area contributed by atoms with Gasteiger partial charge in [-0.15, -0.1) is 0 Å². The van der Waals surface area contributed by atoms with Gasteiger partial charge >= 0.3 is 0 Å². The summed E-state index contributed by atoms with van der Waals surface area (Å²) in [6.45, 7) is 7.15. The third-order valence-electron chi connectivity index (χ3n) is 3.85. The van der Waals surface area contributed by atoms with E-state index in [2.05, 4.69) is 24.1 Å². The highest BCUT2D eigenvalue weighted by Crippen LogP contribution is 2.22. The minimum Gasteiger partial charge on any atom is -0.394 e. The molecule has 0 aliphatic heterocycles. The molecule has 130 valence electrons. The van der Waals surface area contributed by atoms with Gasteiger partial charge in [-0.1, -0.05) is 12.1 Å². The fourth-order valence-electron chi connectivity index (χ4n) is 2.32. The van der Waals surface area contributed by atoms with Crippen LogP contribution in [-0.4, -0.2) is 48.5 Å². The van der Waals surface area contributed by atoms with E-state index in [0.29, 0.717) is 5.57 Å². The minimum absolute atomic E-state index is 0.00395. The van der Waals surface area contributed by atoms with Gasteiger partial charge in [0.15, 0.2) is 0 Å². The lowest BCUT2D eigenvalue weighted by Crippen LogP contribution is -2.34. The van der Waals surface area contributed by atoms with Crippen molar-refractivity contribution in [2.24, 2.45) is 0 Å². The number of carbonyl (C=O) groups is 1. The zero-order chi connectivity index (χ0) is 18.1. The molecule has 0 bridgehead atoms. The van der Waals surface area contributed by atoms with Crippen LogP contribution in [0.15, 0.2) is 29.8 Å². The molecule has 0 aromatic heterocycles. The summed E-state index contributed by atoms with van der Waals surface area (Å²) in [6.07, 6.45) is -1.04. The Balaban J connectivity index is 2.98. The molecule has 6 heteroatoms. The van der Waals surface area contributed by atoms with Crippen LogP contribution in [0.3, 0.4) is 0 Å². The summed E-state index contributed by atoms with van der Waals surface area (Å²) in [5.41, 5.74) is 2.45. The Hall–Kier alpha value is -2.36. The van der Waals surface area contributed by atoms with E-state index in [4.69, 9.17) is 5.11 Å². The molecule has 3 N–H and O–H groups in total. The van der Waals surface area contributed by atoms with Crippen LogP contribution >= 0.6 is 0 Å². The summed E-state index contributed by atoms with van der Waals surface area (Å²) >= 11 is 0. The molecular formula is C18H25N3O3. The first-order valence-corrected chi connectivity index (χ1v) is 8.01. The molecule has 6 nitrogen and oxygen atoms in total. The predicted octanol–water partition coefficient (Wildman–Crippen LogP) is 1.30. The Morgan fingerprint density at radius 2 is 1.88 bits per heavy atom. The lowest BCUT2D eigenvalue weighted by Gasteiger charge is -2.21. The Labute approximate surface area is 143 Å². The monoisotopic (exact) mass is 331 g/mol. The fourth-order valence-corrected chi connectivity index (χ4v) is 2.32. The molecule has 1 aromatic carbocycles.